The summed E-state index contributed by atoms with van der Waals surface area (Å²) in [5.74, 6) is -1.18. The summed E-state index contributed by atoms with van der Waals surface area (Å²) < 4.78 is 27.4. The molecule has 5 aliphatic rings. The molecule has 3 unspecified atom stereocenters. The highest BCUT2D eigenvalue weighted by atomic mass is 19.1. The number of nitrogens with zero attached hydrogens (tertiary/aromatic N) is 3. The molecule has 4 fully saturated rings. The van der Waals surface area contributed by atoms with E-state index in [0.29, 0.717) is 50.6 Å². The van der Waals surface area contributed by atoms with Gasteiger partial charge in [0.2, 0.25) is 11.8 Å². The van der Waals surface area contributed by atoms with E-state index < -0.39 is 23.7 Å². The van der Waals surface area contributed by atoms with E-state index in [1.165, 1.54) is 4.90 Å². The molecule has 0 aromatic heterocycles. The summed E-state index contributed by atoms with van der Waals surface area (Å²) in [6.45, 7) is 8.39. The number of fused-ring (bicyclic) bond motifs is 1. The molecule has 11 heteroatoms. The van der Waals surface area contributed by atoms with Gasteiger partial charge in [-0.05, 0) is 83.0 Å². The lowest BCUT2D eigenvalue weighted by molar-refractivity contribution is -0.136. The van der Waals surface area contributed by atoms with Crippen LogP contribution in [-0.4, -0.2) is 101 Å². The molecule has 4 amide bonds. The largest absolute Gasteiger partial charge is 0.444 e. The second-order valence-corrected chi connectivity index (χ2v) is 13.8. The van der Waals surface area contributed by atoms with Crippen molar-refractivity contribution >= 4 is 23.8 Å². The van der Waals surface area contributed by atoms with Gasteiger partial charge in [-0.1, -0.05) is 12.1 Å². The molecule has 1 N–H and O–H groups in total. The van der Waals surface area contributed by atoms with Gasteiger partial charge in [-0.15, -0.1) is 0 Å². The number of piperidine rings is 3. The Morgan fingerprint density at radius 2 is 1.74 bits per heavy atom. The first-order chi connectivity index (χ1) is 20.4. The highest BCUT2D eigenvalue weighted by Crippen LogP contribution is 2.38. The summed E-state index contributed by atoms with van der Waals surface area (Å²) in [6, 6.07) is 5.24. The van der Waals surface area contributed by atoms with E-state index >= 15 is 4.39 Å². The van der Waals surface area contributed by atoms with E-state index in [0.717, 1.165) is 43.4 Å². The van der Waals surface area contributed by atoms with E-state index in [1.807, 2.05) is 32.9 Å². The topological polar surface area (TPSA) is 108 Å². The minimum absolute atomic E-state index is 0.141. The van der Waals surface area contributed by atoms with Crippen molar-refractivity contribution in [1.82, 2.24) is 20.0 Å². The number of carbonyl (C=O) groups excluding carboxylic acids is 4. The number of imide groups is 1. The second-order valence-electron chi connectivity index (χ2n) is 13.8. The standard InChI is InChI=1S/C32H43FN4O6/c1-32(2,3)43-31(41)35-11-8-22(9-12-35)42-23-15-21(16-23)36-13-10-24(26(33)18-36)19-4-5-25-20(14-19)17-37(30(25)40)27-6-7-28(38)34-29(27)39/h4-5,14,21-24,26-27H,6-13,15-18H2,1-3H3,(H,34,38,39). The van der Waals surface area contributed by atoms with Crippen LogP contribution in [0.2, 0.25) is 0 Å². The first-order valence-corrected chi connectivity index (χ1v) is 15.7. The lowest BCUT2D eigenvalue weighted by atomic mass is 9.82. The van der Waals surface area contributed by atoms with E-state index in [2.05, 4.69) is 10.2 Å². The van der Waals surface area contributed by atoms with Crippen molar-refractivity contribution in [2.45, 2.75) is 114 Å². The maximum Gasteiger partial charge on any atom is 0.410 e. The molecule has 1 aliphatic carbocycles. The van der Waals surface area contributed by atoms with Gasteiger partial charge in [0.15, 0.2) is 0 Å². The Balaban J connectivity index is 0.957. The molecular formula is C32H43FN4O6. The number of benzene rings is 1. The normalized spacial score (nSPS) is 30.6. The third-order valence-electron chi connectivity index (χ3n) is 9.61. The van der Waals surface area contributed by atoms with E-state index in [-0.39, 0.29) is 42.5 Å². The number of alkyl halides is 1. The van der Waals surface area contributed by atoms with Crippen LogP contribution in [0.3, 0.4) is 0 Å². The molecule has 3 saturated heterocycles. The molecule has 0 spiro atoms. The van der Waals surface area contributed by atoms with Gasteiger partial charge in [0, 0.05) is 50.1 Å². The number of ether oxygens (including phenoxy) is 2. The summed E-state index contributed by atoms with van der Waals surface area (Å²) in [5, 5.41) is 2.33. The van der Waals surface area contributed by atoms with E-state index in [9.17, 15) is 19.2 Å². The lowest BCUT2D eigenvalue weighted by Gasteiger charge is -2.47. The Bertz CT molecular complexity index is 1270. The maximum atomic E-state index is 15.6. The van der Waals surface area contributed by atoms with Gasteiger partial charge in [-0.25, -0.2) is 9.18 Å². The Kier molecular flexibility index (Phi) is 8.23. The van der Waals surface area contributed by atoms with Crippen LogP contribution in [0.5, 0.6) is 0 Å². The fraction of sp³-hybridized carbons (Fsp3) is 0.688. The number of hydrogen-bond donors (Lipinski definition) is 1. The van der Waals surface area contributed by atoms with Crippen molar-refractivity contribution in [3.8, 4) is 0 Å². The van der Waals surface area contributed by atoms with Gasteiger partial charge in [-0.2, -0.15) is 0 Å². The minimum atomic E-state index is -1.01. The molecule has 1 aromatic rings. The number of nitrogens with one attached hydrogen (secondary N) is 1. The average molecular weight is 599 g/mol. The van der Waals surface area contributed by atoms with Gasteiger partial charge in [-0.3, -0.25) is 24.6 Å². The molecule has 1 aromatic carbocycles. The number of hydrogen-bond acceptors (Lipinski definition) is 7. The fourth-order valence-corrected chi connectivity index (χ4v) is 7.18. The van der Waals surface area contributed by atoms with Crippen LogP contribution in [0.15, 0.2) is 18.2 Å². The third-order valence-corrected chi connectivity index (χ3v) is 9.61. The monoisotopic (exact) mass is 598 g/mol. The van der Waals surface area contributed by atoms with Crippen LogP contribution in [0.25, 0.3) is 0 Å². The summed E-state index contributed by atoms with van der Waals surface area (Å²) in [7, 11) is 0. The first kappa shape index (κ1) is 30.0. The zero-order valence-electron chi connectivity index (χ0n) is 25.4. The summed E-state index contributed by atoms with van der Waals surface area (Å²) in [4.78, 5) is 54.8. The summed E-state index contributed by atoms with van der Waals surface area (Å²) in [5.41, 5.74) is 1.77. The molecular weight excluding hydrogens is 555 g/mol. The predicted octanol–water partition coefficient (Wildman–Crippen LogP) is 3.52. The number of rotatable bonds is 5. The van der Waals surface area contributed by atoms with Crippen molar-refractivity contribution in [1.29, 1.82) is 0 Å². The Morgan fingerprint density at radius 3 is 2.42 bits per heavy atom. The van der Waals surface area contributed by atoms with Gasteiger partial charge >= 0.3 is 6.09 Å². The first-order valence-electron chi connectivity index (χ1n) is 15.7. The molecule has 1 saturated carbocycles. The van der Waals surface area contributed by atoms with Crippen molar-refractivity contribution in [3.63, 3.8) is 0 Å². The van der Waals surface area contributed by atoms with Crippen LogP contribution in [0.4, 0.5) is 9.18 Å². The molecule has 0 bridgehead atoms. The van der Waals surface area contributed by atoms with Gasteiger partial charge in [0.25, 0.3) is 5.91 Å². The Labute approximate surface area is 252 Å². The molecule has 0 radical (unpaired) electrons. The van der Waals surface area contributed by atoms with E-state index in [4.69, 9.17) is 9.47 Å². The minimum Gasteiger partial charge on any atom is -0.444 e. The predicted molar refractivity (Wildman–Crippen MR) is 155 cm³/mol. The molecule has 234 valence electrons. The van der Waals surface area contributed by atoms with Crippen molar-refractivity contribution in [3.05, 3.63) is 34.9 Å². The zero-order valence-corrected chi connectivity index (χ0v) is 25.4. The average Bonchev–Trinajstić information content (AvgIpc) is 3.25. The number of amides is 4. The molecule has 4 aliphatic heterocycles. The van der Waals surface area contributed by atoms with E-state index in [1.54, 1.807) is 11.0 Å². The van der Waals surface area contributed by atoms with Gasteiger partial charge in [0.05, 0.1) is 12.2 Å². The summed E-state index contributed by atoms with van der Waals surface area (Å²) >= 11 is 0. The SMILES string of the molecule is CC(C)(C)OC(=O)N1CCC(OC2CC(N3CCC(c4ccc5c(c4)CN(C4CCC(=O)NC4=O)C5=O)C(F)C3)C2)CC1. The smallest absolute Gasteiger partial charge is 0.410 e. The van der Waals surface area contributed by atoms with Crippen molar-refractivity contribution < 1.29 is 33.0 Å². The number of likely N-dealkylation sites (tertiary alicyclic amines) is 2. The molecule has 4 heterocycles. The molecule has 43 heavy (non-hydrogen) atoms. The quantitative estimate of drug-likeness (QED) is 0.517. The highest BCUT2D eigenvalue weighted by molar-refractivity contribution is 6.05. The maximum absolute atomic E-state index is 15.6. The van der Waals surface area contributed by atoms with Gasteiger partial charge < -0.3 is 19.3 Å². The zero-order chi connectivity index (χ0) is 30.5. The fourth-order valence-electron chi connectivity index (χ4n) is 7.18. The molecule has 6 rings (SSSR count). The van der Waals surface area contributed by atoms with Crippen molar-refractivity contribution in [2.24, 2.45) is 0 Å². The summed E-state index contributed by atoms with van der Waals surface area (Å²) in [6.07, 6.45) is 3.70. The second kappa shape index (κ2) is 11.8. The highest BCUT2D eigenvalue weighted by Gasteiger charge is 2.42. The molecule has 3 atom stereocenters. The van der Waals surface area contributed by atoms with Crippen LogP contribution >= 0.6 is 0 Å². The number of carbonyl (C=O) groups is 4. The Morgan fingerprint density at radius 1 is 1.00 bits per heavy atom. The van der Waals surface area contributed by atoms with Gasteiger partial charge in [0.1, 0.15) is 17.8 Å². The van der Waals surface area contributed by atoms with Crippen LogP contribution < -0.4 is 5.32 Å². The Hall–Kier alpha value is -3.05. The van der Waals surface area contributed by atoms with Crippen LogP contribution in [0, 0.1) is 0 Å². The number of halogens is 1. The lowest BCUT2D eigenvalue weighted by Crippen LogP contribution is -2.54. The van der Waals surface area contributed by atoms with Crippen LogP contribution in [0.1, 0.15) is 93.1 Å². The third kappa shape index (κ3) is 6.43. The van der Waals surface area contributed by atoms with Crippen molar-refractivity contribution in [2.75, 3.05) is 26.2 Å². The molecule has 10 nitrogen and oxygen atoms in total. The van der Waals surface area contributed by atoms with Crippen LogP contribution in [-0.2, 0) is 25.6 Å².